The summed E-state index contributed by atoms with van der Waals surface area (Å²) < 4.78 is 0. The van der Waals surface area contributed by atoms with E-state index in [1.54, 1.807) is 0 Å². The van der Waals surface area contributed by atoms with Crippen molar-refractivity contribution in [1.29, 1.82) is 0 Å². The van der Waals surface area contributed by atoms with E-state index in [1.807, 2.05) is 19.1 Å². The Labute approximate surface area is 147 Å². The number of aromatic nitrogens is 2. The molecule has 1 fully saturated rings. The van der Waals surface area contributed by atoms with Crippen LogP contribution in [0.3, 0.4) is 0 Å². The first-order chi connectivity index (χ1) is 11.5. The first-order valence-corrected chi connectivity index (χ1v) is 9.28. The SMILES string of the molecule is C=C(/C=C\C)CCC(=C)Nc1cc(C2CCC(CC(C)C)C2)[nH]n1. The number of aromatic amines is 1. The Morgan fingerprint density at radius 1 is 1.38 bits per heavy atom. The van der Waals surface area contributed by atoms with Gasteiger partial charge in [0.2, 0.25) is 0 Å². The van der Waals surface area contributed by atoms with E-state index in [1.165, 1.54) is 31.4 Å². The van der Waals surface area contributed by atoms with E-state index in [0.717, 1.165) is 41.8 Å². The molecule has 0 spiro atoms. The van der Waals surface area contributed by atoms with E-state index >= 15 is 0 Å². The van der Waals surface area contributed by atoms with E-state index in [-0.39, 0.29) is 0 Å². The van der Waals surface area contributed by atoms with Crippen LogP contribution in [0, 0.1) is 11.8 Å². The zero-order valence-electron chi connectivity index (χ0n) is 15.6. The molecule has 0 bridgehead atoms. The van der Waals surface area contributed by atoms with Gasteiger partial charge in [0.25, 0.3) is 0 Å². The Bertz CT molecular complexity index is 580. The fourth-order valence-electron chi connectivity index (χ4n) is 3.72. The van der Waals surface area contributed by atoms with Gasteiger partial charge in [-0.05, 0) is 57.3 Å². The van der Waals surface area contributed by atoms with Gasteiger partial charge in [-0.1, -0.05) is 44.7 Å². The van der Waals surface area contributed by atoms with Crippen molar-refractivity contribution in [3.63, 3.8) is 0 Å². The van der Waals surface area contributed by atoms with Crippen LogP contribution >= 0.6 is 0 Å². The molecular weight excluding hydrogens is 294 g/mol. The summed E-state index contributed by atoms with van der Waals surface area (Å²) in [7, 11) is 0. The van der Waals surface area contributed by atoms with Gasteiger partial charge in [0.05, 0.1) is 0 Å². The predicted molar refractivity (Wildman–Crippen MR) is 104 cm³/mol. The highest BCUT2D eigenvalue weighted by Gasteiger charge is 2.27. The Morgan fingerprint density at radius 2 is 2.17 bits per heavy atom. The van der Waals surface area contributed by atoms with Gasteiger partial charge in [0.1, 0.15) is 0 Å². The molecule has 2 N–H and O–H groups in total. The lowest BCUT2D eigenvalue weighted by Gasteiger charge is -2.12. The van der Waals surface area contributed by atoms with Crippen molar-refractivity contribution in [2.45, 2.75) is 65.2 Å². The number of anilines is 1. The third-order valence-electron chi connectivity index (χ3n) is 4.84. The van der Waals surface area contributed by atoms with Gasteiger partial charge in [-0.25, -0.2) is 0 Å². The Balaban J connectivity index is 1.81. The lowest BCUT2D eigenvalue weighted by Crippen LogP contribution is -2.00. The molecule has 0 amide bonds. The fourth-order valence-corrected chi connectivity index (χ4v) is 3.72. The summed E-state index contributed by atoms with van der Waals surface area (Å²) in [6.07, 6.45) is 11.2. The van der Waals surface area contributed by atoms with Gasteiger partial charge in [-0.3, -0.25) is 5.10 Å². The lowest BCUT2D eigenvalue weighted by molar-refractivity contribution is 0.414. The summed E-state index contributed by atoms with van der Waals surface area (Å²) in [6, 6.07) is 2.16. The number of allylic oxidation sites excluding steroid dienone is 4. The maximum atomic E-state index is 4.42. The largest absolute Gasteiger partial charge is 0.343 e. The quantitative estimate of drug-likeness (QED) is 0.532. The van der Waals surface area contributed by atoms with Crippen molar-refractivity contribution in [2.75, 3.05) is 5.32 Å². The lowest BCUT2D eigenvalue weighted by atomic mass is 9.94. The second-order valence-electron chi connectivity index (χ2n) is 7.60. The number of rotatable bonds is 9. The predicted octanol–water partition coefficient (Wildman–Crippen LogP) is 6.18. The molecule has 1 heterocycles. The summed E-state index contributed by atoms with van der Waals surface area (Å²) in [4.78, 5) is 0. The molecule has 132 valence electrons. The maximum Gasteiger partial charge on any atom is 0.152 e. The van der Waals surface area contributed by atoms with Crippen LogP contribution in [0.25, 0.3) is 0 Å². The number of hydrogen-bond acceptors (Lipinski definition) is 2. The highest BCUT2D eigenvalue weighted by molar-refractivity contribution is 5.42. The minimum Gasteiger partial charge on any atom is -0.343 e. The zero-order chi connectivity index (χ0) is 17.5. The molecule has 0 radical (unpaired) electrons. The molecule has 1 saturated carbocycles. The molecule has 0 aromatic carbocycles. The average molecular weight is 328 g/mol. The summed E-state index contributed by atoms with van der Waals surface area (Å²) in [6.45, 7) is 14.8. The van der Waals surface area contributed by atoms with Gasteiger partial charge in [0, 0.05) is 23.4 Å². The summed E-state index contributed by atoms with van der Waals surface area (Å²) in [5, 5.41) is 11.0. The van der Waals surface area contributed by atoms with Crippen LogP contribution in [0.5, 0.6) is 0 Å². The normalized spacial score (nSPS) is 20.8. The summed E-state index contributed by atoms with van der Waals surface area (Å²) >= 11 is 0. The maximum absolute atomic E-state index is 4.42. The minimum absolute atomic E-state index is 0.638. The molecule has 0 saturated heterocycles. The highest BCUT2D eigenvalue weighted by atomic mass is 15.2. The van der Waals surface area contributed by atoms with Crippen molar-refractivity contribution in [2.24, 2.45) is 11.8 Å². The highest BCUT2D eigenvalue weighted by Crippen LogP contribution is 2.40. The van der Waals surface area contributed by atoms with Crippen molar-refractivity contribution < 1.29 is 0 Å². The third-order valence-corrected chi connectivity index (χ3v) is 4.84. The first-order valence-electron chi connectivity index (χ1n) is 9.28. The van der Waals surface area contributed by atoms with Crippen LogP contribution in [-0.4, -0.2) is 10.2 Å². The van der Waals surface area contributed by atoms with Crippen molar-refractivity contribution in [3.8, 4) is 0 Å². The zero-order valence-corrected chi connectivity index (χ0v) is 15.6. The van der Waals surface area contributed by atoms with E-state index in [4.69, 9.17) is 0 Å². The van der Waals surface area contributed by atoms with Crippen LogP contribution in [0.2, 0.25) is 0 Å². The molecule has 3 heteroatoms. The summed E-state index contributed by atoms with van der Waals surface area (Å²) in [5.74, 6) is 3.20. The van der Waals surface area contributed by atoms with Crippen LogP contribution in [0.1, 0.15) is 70.9 Å². The van der Waals surface area contributed by atoms with Gasteiger partial charge >= 0.3 is 0 Å². The standard InChI is InChI=1S/C21H33N3/c1-6-7-16(4)8-9-17(5)22-21-14-20(23-24-21)19-11-10-18(13-19)12-15(2)3/h6-7,14-15,18-19H,4-5,8-13H2,1-3H3,(H2,22,23,24)/b7-6-. The minimum atomic E-state index is 0.638. The number of H-pyrrole nitrogens is 1. The van der Waals surface area contributed by atoms with E-state index < -0.39 is 0 Å². The van der Waals surface area contributed by atoms with Crippen molar-refractivity contribution >= 4 is 5.82 Å². The molecule has 3 nitrogen and oxygen atoms in total. The topological polar surface area (TPSA) is 40.7 Å². The molecule has 1 aromatic heterocycles. The monoisotopic (exact) mass is 327 g/mol. The molecular formula is C21H33N3. The third kappa shape index (κ3) is 5.70. The number of hydrogen-bond donors (Lipinski definition) is 2. The van der Waals surface area contributed by atoms with Gasteiger partial charge in [0.15, 0.2) is 5.82 Å². The Morgan fingerprint density at radius 3 is 2.88 bits per heavy atom. The molecule has 1 aliphatic rings. The van der Waals surface area contributed by atoms with Gasteiger partial charge < -0.3 is 5.32 Å². The second kappa shape index (κ2) is 8.91. The molecule has 24 heavy (non-hydrogen) atoms. The number of nitrogens with zero attached hydrogens (tertiary/aromatic N) is 1. The molecule has 1 aliphatic carbocycles. The van der Waals surface area contributed by atoms with Crippen LogP contribution in [-0.2, 0) is 0 Å². The van der Waals surface area contributed by atoms with Crippen LogP contribution < -0.4 is 5.32 Å². The van der Waals surface area contributed by atoms with Gasteiger partial charge in [-0.2, -0.15) is 5.10 Å². The molecule has 1 aromatic rings. The van der Waals surface area contributed by atoms with Crippen molar-refractivity contribution in [3.05, 3.63) is 48.3 Å². The second-order valence-corrected chi connectivity index (χ2v) is 7.60. The van der Waals surface area contributed by atoms with Crippen LogP contribution in [0.15, 0.2) is 42.6 Å². The smallest absolute Gasteiger partial charge is 0.152 e. The molecule has 2 rings (SSSR count). The van der Waals surface area contributed by atoms with Crippen LogP contribution in [0.4, 0.5) is 5.82 Å². The summed E-state index contributed by atoms with van der Waals surface area (Å²) in [5.41, 5.74) is 3.39. The Hall–Kier alpha value is -1.77. The first kappa shape index (κ1) is 18.6. The number of nitrogens with one attached hydrogen (secondary N) is 2. The van der Waals surface area contributed by atoms with E-state index in [9.17, 15) is 0 Å². The van der Waals surface area contributed by atoms with E-state index in [2.05, 4.69) is 48.6 Å². The average Bonchev–Trinajstić information content (AvgIpc) is 3.14. The molecule has 2 unspecified atom stereocenters. The molecule has 0 aliphatic heterocycles. The van der Waals surface area contributed by atoms with Crippen molar-refractivity contribution in [1.82, 2.24) is 10.2 Å². The fraction of sp³-hybridized carbons (Fsp3) is 0.571. The van der Waals surface area contributed by atoms with E-state index in [0.29, 0.717) is 5.92 Å². The molecule has 2 atom stereocenters. The Kier molecular flexibility index (Phi) is 6.89. The van der Waals surface area contributed by atoms with Gasteiger partial charge in [-0.15, -0.1) is 0 Å².